The molecule has 9 heteroatoms. The molecule has 0 bridgehead atoms. The van der Waals surface area contributed by atoms with E-state index >= 15 is 0 Å². The number of nitrogens with one attached hydrogen (secondary N) is 1. The second kappa shape index (κ2) is 9.17. The van der Waals surface area contributed by atoms with Crippen molar-refractivity contribution < 1.29 is 14.5 Å². The van der Waals surface area contributed by atoms with E-state index in [0.29, 0.717) is 5.69 Å². The van der Waals surface area contributed by atoms with E-state index in [-0.39, 0.29) is 33.4 Å². The summed E-state index contributed by atoms with van der Waals surface area (Å²) in [4.78, 5) is 34.1. The number of para-hydroxylation sites is 1. The number of anilines is 1. The lowest BCUT2D eigenvalue weighted by atomic mass is 10.1. The van der Waals surface area contributed by atoms with E-state index < -0.39 is 10.8 Å². The number of hydrogen-bond acceptors (Lipinski definition) is 6. The van der Waals surface area contributed by atoms with E-state index in [1.165, 1.54) is 24.3 Å². The summed E-state index contributed by atoms with van der Waals surface area (Å²) in [6.45, 7) is 0. The van der Waals surface area contributed by atoms with Crippen LogP contribution in [0.5, 0.6) is 0 Å². The molecule has 2 rings (SSSR count). The van der Waals surface area contributed by atoms with Gasteiger partial charge in [-0.05, 0) is 29.8 Å². The number of nitrogens with zero attached hydrogens (tertiary/aromatic N) is 2. The lowest BCUT2D eigenvalue weighted by Gasteiger charge is -2.06. The summed E-state index contributed by atoms with van der Waals surface area (Å²) in [5.41, 5.74) is 5.43. The second-order valence-corrected chi connectivity index (χ2v) is 6.24. The molecule has 0 heterocycles. The lowest BCUT2D eigenvalue weighted by Crippen LogP contribution is -2.14. The van der Waals surface area contributed by atoms with Crippen molar-refractivity contribution in [2.75, 3.05) is 11.1 Å². The van der Waals surface area contributed by atoms with Crippen molar-refractivity contribution >= 4 is 41.0 Å². The smallest absolute Gasteiger partial charge is 0.283 e. The van der Waals surface area contributed by atoms with Crippen molar-refractivity contribution in [3.05, 3.63) is 69.8 Å². The lowest BCUT2D eigenvalue weighted by molar-refractivity contribution is -0.387. The van der Waals surface area contributed by atoms with Gasteiger partial charge < -0.3 is 11.1 Å². The molecule has 0 radical (unpaired) electrons. The van der Waals surface area contributed by atoms with Crippen molar-refractivity contribution in [2.24, 2.45) is 5.73 Å². The summed E-state index contributed by atoms with van der Waals surface area (Å²) in [7, 11) is 0. The van der Waals surface area contributed by atoms with E-state index in [2.05, 4.69) is 5.32 Å². The molecule has 0 saturated heterocycles. The van der Waals surface area contributed by atoms with Gasteiger partial charge in [-0.3, -0.25) is 19.7 Å². The topological polar surface area (TPSA) is 139 Å². The Kier molecular flexibility index (Phi) is 6.68. The van der Waals surface area contributed by atoms with Crippen LogP contribution in [0.25, 0.3) is 6.08 Å². The first kappa shape index (κ1) is 19.7. The van der Waals surface area contributed by atoms with Gasteiger partial charge in [0.15, 0.2) is 0 Å². The van der Waals surface area contributed by atoms with Gasteiger partial charge in [-0.1, -0.05) is 24.3 Å². The zero-order chi connectivity index (χ0) is 19.8. The van der Waals surface area contributed by atoms with E-state index in [0.717, 1.165) is 11.8 Å². The zero-order valence-corrected chi connectivity index (χ0v) is 14.7. The first-order chi connectivity index (χ1) is 12.9. The molecule has 3 N–H and O–H groups in total. The predicted molar refractivity (Wildman–Crippen MR) is 102 cm³/mol. The largest absolute Gasteiger partial charge is 0.365 e. The molecular weight excluding hydrogens is 368 g/mol. The molecule has 0 spiro atoms. The number of amides is 2. The van der Waals surface area contributed by atoms with Crippen LogP contribution in [0.2, 0.25) is 0 Å². The van der Waals surface area contributed by atoms with E-state index in [9.17, 15) is 19.7 Å². The van der Waals surface area contributed by atoms with Crippen molar-refractivity contribution in [3.8, 4) is 6.07 Å². The van der Waals surface area contributed by atoms with Gasteiger partial charge in [0.1, 0.15) is 11.6 Å². The maximum atomic E-state index is 12.0. The molecule has 2 aromatic carbocycles. The minimum absolute atomic E-state index is 0.0182. The molecule has 0 fully saturated rings. The predicted octanol–water partition coefficient (Wildman–Crippen LogP) is 2.72. The summed E-state index contributed by atoms with van der Waals surface area (Å²) in [6, 6.07) is 14.7. The fourth-order valence-electron chi connectivity index (χ4n) is 2.08. The Morgan fingerprint density at radius 1 is 1.26 bits per heavy atom. The molecular formula is C18H14N4O4S. The normalized spacial score (nSPS) is 10.7. The molecule has 27 heavy (non-hydrogen) atoms. The highest BCUT2D eigenvalue weighted by Crippen LogP contribution is 2.30. The number of thioether (sulfide) groups is 1. The maximum absolute atomic E-state index is 12.0. The van der Waals surface area contributed by atoms with Crippen LogP contribution < -0.4 is 11.1 Å². The quantitative estimate of drug-likeness (QED) is 0.248. The summed E-state index contributed by atoms with van der Waals surface area (Å²) in [5, 5.41) is 22.9. The van der Waals surface area contributed by atoms with Gasteiger partial charge in [0.2, 0.25) is 5.91 Å². The second-order valence-electron chi connectivity index (χ2n) is 5.22. The van der Waals surface area contributed by atoms with Crippen LogP contribution in [-0.4, -0.2) is 22.5 Å². The third-order valence-electron chi connectivity index (χ3n) is 3.29. The number of nitro groups is 1. The highest BCUT2D eigenvalue weighted by molar-refractivity contribution is 8.00. The van der Waals surface area contributed by atoms with Crippen molar-refractivity contribution in [2.45, 2.75) is 4.90 Å². The van der Waals surface area contributed by atoms with Gasteiger partial charge in [-0.15, -0.1) is 11.8 Å². The molecule has 0 aliphatic heterocycles. The summed E-state index contributed by atoms with van der Waals surface area (Å²) in [6.07, 6.45) is 1.17. The van der Waals surface area contributed by atoms with Crippen LogP contribution in [0.15, 0.2) is 59.0 Å². The minimum atomic E-state index is -0.920. The van der Waals surface area contributed by atoms with Crippen LogP contribution >= 0.6 is 11.8 Å². The molecule has 0 aliphatic carbocycles. The summed E-state index contributed by atoms with van der Waals surface area (Å²) < 4.78 is 0. The molecule has 8 nitrogen and oxygen atoms in total. The molecule has 0 aliphatic rings. The highest BCUT2D eigenvalue weighted by Gasteiger charge is 2.17. The highest BCUT2D eigenvalue weighted by atomic mass is 32.2. The molecule has 136 valence electrons. The maximum Gasteiger partial charge on any atom is 0.283 e. The van der Waals surface area contributed by atoms with Crippen LogP contribution in [0.4, 0.5) is 11.4 Å². The van der Waals surface area contributed by atoms with Crippen LogP contribution in [-0.2, 0) is 9.59 Å². The van der Waals surface area contributed by atoms with Crippen LogP contribution in [0.3, 0.4) is 0 Å². The molecule has 0 atom stereocenters. The standard InChI is InChI=1S/C18H14N4O4S/c19-10-13(18(20)24)8-12-6-7-16(15(9-12)22(25)26)27-11-17(23)21-14-4-2-1-3-5-14/h1-9H,11H2,(H2,20,24)(H,21,23)/b13-8+. The Morgan fingerprint density at radius 2 is 1.96 bits per heavy atom. The van der Waals surface area contributed by atoms with E-state index in [1.54, 1.807) is 30.3 Å². The number of rotatable bonds is 7. The van der Waals surface area contributed by atoms with Gasteiger partial charge in [0.05, 0.1) is 15.6 Å². The Morgan fingerprint density at radius 3 is 2.56 bits per heavy atom. The van der Waals surface area contributed by atoms with Gasteiger partial charge in [-0.2, -0.15) is 5.26 Å². The average molecular weight is 382 g/mol. The van der Waals surface area contributed by atoms with Gasteiger partial charge in [0.25, 0.3) is 11.6 Å². The average Bonchev–Trinajstić information content (AvgIpc) is 2.65. The SMILES string of the molecule is N#C/C(=C\c1ccc(SCC(=O)Nc2ccccc2)c([N+](=O)[O-])c1)C(N)=O. The monoisotopic (exact) mass is 382 g/mol. The Labute approximate surface area is 158 Å². The van der Waals surface area contributed by atoms with E-state index in [1.807, 2.05) is 6.07 Å². The first-order valence-corrected chi connectivity index (χ1v) is 8.57. The number of nitrogens with two attached hydrogens (primary N) is 1. The Bertz CT molecular complexity index is 952. The van der Waals surface area contributed by atoms with Crippen molar-refractivity contribution in [1.29, 1.82) is 5.26 Å². The third-order valence-corrected chi connectivity index (χ3v) is 4.36. The van der Waals surface area contributed by atoms with Crippen molar-refractivity contribution in [1.82, 2.24) is 0 Å². The van der Waals surface area contributed by atoms with Crippen LogP contribution in [0, 0.1) is 21.4 Å². The number of carbonyl (C=O) groups excluding carboxylic acids is 2. The number of primary amides is 1. The molecule has 0 aromatic heterocycles. The fourth-order valence-corrected chi connectivity index (χ4v) is 2.88. The number of nitriles is 1. The molecule has 2 amide bonds. The Balaban J connectivity index is 2.15. The minimum Gasteiger partial charge on any atom is -0.365 e. The zero-order valence-electron chi connectivity index (χ0n) is 13.9. The number of nitro benzene ring substituents is 1. The summed E-state index contributed by atoms with van der Waals surface area (Å²) in [5.74, 6) is -1.24. The first-order valence-electron chi connectivity index (χ1n) is 7.58. The van der Waals surface area contributed by atoms with Gasteiger partial charge >= 0.3 is 0 Å². The van der Waals surface area contributed by atoms with Gasteiger partial charge in [-0.25, -0.2) is 0 Å². The number of benzene rings is 2. The number of hydrogen-bond donors (Lipinski definition) is 2. The fraction of sp³-hybridized carbons (Fsp3) is 0.0556. The third kappa shape index (κ3) is 5.69. The van der Waals surface area contributed by atoms with E-state index in [4.69, 9.17) is 11.0 Å². The summed E-state index contributed by atoms with van der Waals surface area (Å²) >= 11 is 1.01. The molecule has 0 unspecified atom stereocenters. The molecule has 2 aromatic rings. The van der Waals surface area contributed by atoms with Gasteiger partial charge in [0, 0.05) is 11.8 Å². The Hall–Kier alpha value is -3.64. The number of carbonyl (C=O) groups is 2. The molecule has 0 saturated carbocycles. The van der Waals surface area contributed by atoms with Crippen LogP contribution in [0.1, 0.15) is 5.56 Å². The van der Waals surface area contributed by atoms with Crippen molar-refractivity contribution in [3.63, 3.8) is 0 Å².